The summed E-state index contributed by atoms with van der Waals surface area (Å²) in [6.07, 6.45) is 3.00. The predicted molar refractivity (Wildman–Crippen MR) is 107 cm³/mol. The summed E-state index contributed by atoms with van der Waals surface area (Å²) < 4.78 is 16.9. The van der Waals surface area contributed by atoms with Gasteiger partial charge in [-0.05, 0) is 49.5 Å². The van der Waals surface area contributed by atoms with E-state index in [-0.39, 0.29) is 12.3 Å². The standard InChI is InChI=1S/C23H31FO6/c1-21-11-18(27)23(24)15(4-3-12-9-13(25)7-8-22(12,23)2)14(21)5-6-16(21)20(30)17(26)10-19(28)29/h6-9,13-15,17-18,20,25-27,30H,3-5,10-11H2,1-2H3,(H,28,29)/t13?,14-,15-,17?,18?,20?,21-,22-,23-/m0/s1. The molecule has 5 N–H and O–H groups in total. The number of halogens is 1. The number of carbonyl (C=O) groups is 1. The van der Waals surface area contributed by atoms with Crippen LogP contribution in [0.2, 0.25) is 0 Å². The Hall–Kier alpha value is -1.54. The first kappa shape index (κ1) is 21.7. The van der Waals surface area contributed by atoms with Crippen LogP contribution in [0.1, 0.15) is 46.0 Å². The molecule has 4 aliphatic rings. The van der Waals surface area contributed by atoms with Gasteiger partial charge in [-0.15, -0.1) is 0 Å². The van der Waals surface area contributed by atoms with Crippen molar-refractivity contribution in [1.82, 2.24) is 0 Å². The lowest BCUT2D eigenvalue weighted by Gasteiger charge is -2.62. The second-order valence-corrected chi connectivity index (χ2v) is 9.91. The van der Waals surface area contributed by atoms with Crippen LogP contribution in [0, 0.1) is 22.7 Å². The molecule has 0 aromatic carbocycles. The van der Waals surface area contributed by atoms with E-state index < -0.39 is 59.2 Å². The fourth-order valence-electron chi connectivity index (χ4n) is 6.89. The molecule has 0 amide bonds. The molecule has 6 nitrogen and oxygen atoms in total. The van der Waals surface area contributed by atoms with Crippen molar-refractivity contribution in [3.05, 3.63) is 35.5 Å². The van der Waals surface area contributed by atoms with Gasteiger partial charge in [0, 0.05) is 11.3 Å². The third-order valence-electron chi connectivity index (χ3n) is 8.45. The van der Waals surface area contributed by atoms with Gasteiger partial charge >= 0.3 is 5.97 Å². The molecule has 4 unspecified atom stereocenters. The summed E-state index contributed by atoms with van der Waals surface area (Å²) in [6.45, 7) is 3.66. The van der Waals surface area contributed by atoms with Crippen LogP contribution >= 0.6 is 0 Å². The minimum absolute atomic E-state index is 0.0760. The summed E-state index contributed by atoms with van der Waals surface area (Å²) in [5, 5.41) is 50.9. The number of carboxylic acids is 1. The molecule has 0 aliphatic heterocycles. The van der Waals surface area contributed by atoms with Gasteiger partial charge in [0.25, 0.3) is 0 Å². The Morgan fingerprint density at radius 3 is 2.63 bits per heavy atom. The largest absolute Gasteiger partial charge is 0.481 e. The van der Waals surface area contributed by atoms with Gasteiger partial charge in [0.2, 0.25) is 0 Å². The quantitative estimate of drug-likeness (QED) is 0.442. The zero-order chi connectivity index (χ0) is 22.1. The van der Waals surface area contributed by atoms with Gasteiger partial charge < -0.3 is 25.5 Å². The molecule has 7 heteroatoms. The molecule has 0 heterocycles. The number of aliphatic hydroxyl groups excluding tert-OH is 4. The first-order valence-electron chi connectivity index (χ1n) is 10.7. The van der Waals surface area contributed by atoms with E-state index in [4.69, 9.17) is 5.11 Å². The van der Waals surface area contributed by atoms with Crippen molar-refractivity contribution < 1.29 is 34.7 Å². The zero-order valence-electron chi connectivity index (χ0n) is 17.3. The number of alkyl halides is 1. The molecular weight excluding hydrogens is 391 g/mol. The fourth-order valence-corrected chi connectivity index (χ4v) is 6.89. The van der Waals surface area contributed by atoms with Crippen LogP contribution < -0.4 is 0 Å². The number of fused-ring (bicyclic) bond motifs is 5. The number of hydrogen-bond acceptors (Lipinski definition) is 5. The van der Waals surface area contributed by atoms with Gasteiger partial charge in [-0.25, -0.2) is 4.39 Å². The van der Waals surface area contributed by atoms with Crippen molar-refractivity contribution >= 4 is 5.97 Å². The lowest BCUT2D eigenvalue weighted by Crippen LogP contribution is -2.66. The van der Waals surface area contributed by atoms with Crippen molar-refractivity contribution in [1.29, 1.82) is 0 Å². The van der Waals surface area contributed by atoms with E-state index >= 15 is 4.39 Å². The lowest BCUT2D eigenvalue weighted by atomic mass is 9.45. The summed E-state index contributed by atoms with van der Waals surface area (Å²) >= 11 is 0. The second-order valence-electron chi connectivity index (χ2n) is 9.91. The highest BCUT2D eigenvalue weighted by Gasteiger charge is 2.69. The van der Waals surface area contributed by atoms with Crippen molar-refractivity contribution in [3.63, 3.8) is 0 Å². The maximum atomic E-state index is 16.9. The first-order chi connectivity index (χ1) is 13.9. The average molecular weight is 422 g/mol. The zero-order valence-corrected chi connectivity index (χ0v) is 17.3. The number of hydrogen-bond donors (Lipinski definition) is 5. The number of aliphatic carboxylic acids is 1. The molecule has 2 fully saturated rings. The minimum atomic E-state index is -1.91. The lowest BCUT2D eigenvalue weighted by molar-refractivity contribution is -0.187. The average Bonchev–Trinajstić information content (AvgIpc) is 2.99. The molecule has 166 valence electrons. The molecule has 0 aromatic heterocycles. The van der Waals surface area contributed by atoms with E-state index in [1.54, 1.807) is 31.2 Å². The Kier molecular flexibility index (Phi) is 5.05. The molecule has 0 spiro atoms. The molecule has 4 aliphatic carbocycles. The van der Waals surface area contributed by atoms with Crippen molar-refractivity contribution in [2.75, 3.05) is 0 Å². The SMILES string of the molecule is C[C@]12C=CC(O)C=C1CC[C@H]1[C@@H]3CC=C(C(O)C(O)CC(=O)O)[C@@]3(C)CC(O)[C@@]12F. The smallest absolute Gasteiger partial charge is 0.306 e. The topological polar surface area (TPSA) is 118 Å². The fraction of sp³-hybridized carbons (Fsp3) is 0.696. The van der Waals surface area contributed by atoms with Gasteiger partial charge in [0.05, 0.1) is 24.7 Å². The minimum Gasteiger partial charge on any atom is -0.481 e. The maximum absolute atomic E-state index is 16.9. The summed E-state index contributed by atoms with van der Waals surface area (Å²) in [7, 11) is 0. The van der Waals surface area contributed by atoms with E-state index in [1.165, 1.54) is 0 Å². The van der Waals surface area contributed by atoms with Gasteiger partial charge in [-0.1, -0.05) is 36.8 Å². The number of carboxylic acid groups (broad SMARTS) is 1. The molecular formula is C23H31FO6. The number of aliphatic hydroxyl groups is 4. The van der Waals surface area contributed by atoms with Crippen LogP contribution in [-0.4, -0.2) is 61.6 Å². The van der Waals surface area contributed by atoms with Crippen LogP contribution in [-0.2, 0) is 4.79 Å². The van der Waals surface area contributed by atoms with E-state index in [2.05, 4.69) is 0 Å². The Morgan fingerprint density at radius 2 is 1.97 bits per heavy atom. The molecule has 0 radical (unpaired) electrons. The molecule has 30 heavy (non-hydrogen) atoms. The van der Waals surface area contributed by atoms with E-state index in [1.807, 2.05) is 6.92 Å². The summed E-state index contributed by atoms with van der Waals surface area (Å²) in [6, 6.07) is 0. The van der Waals surface area contributed by atoms with E-state index in [0.29, 0.717) is 24.8 Å². The Bertz CT molecular complexity index is 836. The van der Waals surface area contributed by atoms with Crippen LogP contribution in [0.15, 0.2) is 35.5 Å². The predicted octanol–water partition coefficient (Wildman–Crippen LogP) is 1.88. The van der Waals surface area contributed by atoms with Crippen molar-refractivity contribution in [3.8, 4) is 0 Å². The molecule has 9 atom stereocenters. The van der Waals surface area contributed by atoms with Crippen LogP contribution in [0.4, 0.5) is 4.39 Å². The normalized spacial score (nSPS) is 46.8. The van der Waals surface area contributed by atoms with E-state index in [9.17, 15) is 25.2 Å². The van der Waals surface area contributed by atoms with Crippen LogP contribution in [0.25, 0.3) is 0 Å². The number of allylic oxidation sites excluding steroid dienone is 3. The highest BCUT2D eigenvalue weighted by atomic mass is 19.1. The van der Waals surface area contributed by atoms with Crippen LogP contribution in [0.3, 0.4) is 0 Å². The number of rotatable bonds is 4. The molecule has 0 saturated heterocycles. The highest BCUT2D eigenvalue weighted by Crippen LogP contribution is 2.68. The van der Waals surface area contributed by atoms with Crippen molar-refractivity contribution in [2.24, 2.45) is 22.7 Å². The van der Waals surface area contributed by atoms with Crippen molar-refractivity contribution in [2.45, 2.75) is 76.0 Å². The Labute approximate surface area is 175 Å². The summed E-state index contributed by atoms with van der Waals surface area (Å²) in [5.74, 6) is -1.85. The van der Waals surface area contributed by atoms with Gasteiger partial charge in [0.1, 0.15) is 6.10 Å². The second kappa shape index (κ2) is 6.99. The van der Waals surface area contributed by atoms with Gasteiger partial charge in [-0.3, -0.25) is 4.79 Å². The molecule has 0 bridgehead atoms. The molecule has 4 rings (SSSR count). The van der Waals surface area contributed by atoms with E-state index in [0.717, 1.165) is 5.57 Å². The third-order valence-corrected chi connectivity index (χ3v) is 8.45. The van der Waals surface area contributed by atoms with Crippen LogP contribution in [0.5, 0.6) is 0 Å². The molecule has 0 aromatic rings. The monoisotopic (exact) mass is 422 g/mol. The highest BCUT2D eigenvalue weighted by molar-refractivity contribution is 5.67. The third kappa shape index (κ3) is 2.79. The molecule has 2 saturated carbocycles. The summed E-state index contributed by atoms with van der Waals surface area (Å²) in [5.41, 5.74) is -2.34. The first-order valence-corrected chi connectivity index (χ1v) is 10.7. The Balaban J connectivity index is 1.68. The Morgan fingerprint density at radius 1 is 1.27 bits per heavy atom. The van der Waals surface area contributed by atoms with Gasteiger partial charge in [0.15, 0.2) is 5.67 Å². The maximum Gasteiger partial charge on any atom is 0.306 e. The summed E-state index contributed by atoms with van der Waals surface area (Å²) in [4.78, 5) is 11.0. The van der Waals surface area contributed by atoms with Gasteiger partial charge in [-0.2, -0.15) is 0 Å².